The minimum atomic E-state index is 0.0125. The second kappa shape index (κ2) is 7.94. The van der Waals surface area contributed by atoms with Gasteiger partial charge in [-0.1, -0.05) is 32.3 Å². The zero-order valence-electron chi connectivity index (χ0n) is 19.2. The highest BCUT2D eigenvalue weighted by Crippen LogP contribution is 2.49. The molecule has 1 aromatic carbocycles. The number of allylic oxidation sites excluding steroid dienone is 3. The van der Waals surface area contributed by atoms with Crippen LogP contribution < -0.4 is 4.90 Å². The third kappa shape index (κ3) is 3.23. The predicted molar refractivity (Wildman–Crippen MR) is 129 cm³/mol. The normalized spacial score (nSPS) is 25.5. The quantitative estimate of drug-likeness (QED) is 0.521. The first-order chi connectivity index (χ1) is 16.2. The topological polar surface area (TPSA) is 74.0 Å². The number of nitrogens with one attached hydrogen (secondary N) is 2. The van der Waals surface area contributed by atoms with E-state index in [-0.39, 0.29) is 23.8 Å². The van der Waals surface area contributed by atoms with Gasteiger partial charge in [0.25, 0.3) is 5.91 Å². The average Bonchev–Trinajstić information content (AvgIpc) is 3.55. The van der Waals surface area contributed by atoms with Crippen molar-refractivity contribution < 1.29 is 9.53 Å². The van der Waals surface area contributed by atoms with Gasteiger partial charge < -0.3 is 9.72 Å². The number of aromatic nitrogens is 3. The Morgan fingerprint density at radius 3 is 2.79 bits per heavy atom. The van der Waals surface area contributed by atoms with E-state index < -0.39 is 0 Å². The first-order valence-electron chi connectivity index (χ1n) is 12.1. The summed E-state index contributed by atoms with van der Waals surface area (Å²) in [4.78, 5) is 19.1. The number of rotatable bonds is 4. The first-order valence-corrected chi connectivity index (χ1v) is 12.1. The zero-order valence-corrected chi connectivity index (χ0v) is 19.2. The number of H-pyrrole nitrogens is 2. The van der Waals surface area contributed by atoms with E-state index in [4.69, 9.17) is 4.74 Å². The summed E-state index contributed by atoms with van der Waals surface area (Å²) >= 11 is 0. The molecule has 1 saturated carbocycles. The van der Waals surface area contributed by atoms with Crippen molar-refractivity contribution >= 4 is 22.5 Å². The number of amides is 1. The molecule has 0 spiro atoms. The highest BCUT2D eigenvalue weighted by atomic mass is 16.5. The van der Waals surface area contributed by atoms with Gasteiger partial charge in [-0.2, -0.15) is 5.10 Å². The van der Waals surface area contributed by atoms with Crippen molar-refractivity contribution in [1.29, 1.82) is 0 Å². The first kappa shape index (κ1) is 20.3. The molecular weight excluding hydrogens is 412 g/mol. The van der Waals surface area contributed by atoms with Crippen LogP contribution in [0.2, 0.25) is 0 Å². The molecule has 0 saturated heterocycles. The molecule has 3 aliphatic rings. The Morgan fingerprint density at radius 2 is 2.00 bits per heavy atom. The van der Waals surface area contributed by atoms with Crippen LogP contribution >= 0.6 is 0 Å². The minimum Gasteiger partial charge on any atom is -0.497 e. The number of hydrogen-bond donors (Lipinski definition) is 2. The number of benzene rings is 1. The number of ether oxygens (including phenoxy) is 1. The van der Waals surface area contributed by atoms with Crippen molar-refractivity contribution in [3.05, 3.63) is 71.4 Å². The molecule has 3 heterocycles. The van der Waals surface area contributed by atoms with Gasteiger partial charge in [0, 0.05) is 40.0 Å². The predicted octanol–water partition coefficient (Wildman–Crippen LogP) is 5.99. The SMILES string of the molecule is COC1=C[C@@H](C)C(c2[nH]nc3c2C(C2CCCCC2)N(c2ccc4[nH]ccc4c2)C3=O)C=C1. The second-order valence-electron chi connectivity index (χ2n) is 9.68. The summed E-state index contributed by atoms with van der Waals surface area (Å²) in [6.07, 6.45) is 14.3. The standard InChI is InChI=1S/C27H30N4O2/c1-16-14-20(33-2)9-10-21(16)24-23-25(30-29-24)27(32)31(26(23)17-6-4-3-5-7-17)19-8-11-22-18(15-19)12-13-28-22/h8-17,21,26,28H,3-7H2,1-2H3,(H,29,30)/t16-,21?,26?/m1/s1. The monoisotopic (exact) mass is 442 g/mol. The zero-order chi connectivity index (χ0) is 22.5. The van der Waals surface area contributed by atoms with Crippen molar-refractivity contribution in [3.8, 4) is 0 Å². The van der Waals surface area contributed by atoms with Crippen LogP contribution in [0.3, 0.4) is 0 Å². The lowest BCUT2D eigenvalue weighted by molar-refractivity contribution is 0.0977. The van der Waals surface area contributed by atoms with Crippen LogP contribution in [0.25, 0.3) is 10.9 Å². The Balaban J connectivity index is 1.46. The number of fused-ring (bicyclic) bond motifs is 2. The molecule has 33 heavy (non-hydrogen) atoms. The van der Waals surface area contributed by atoms with E-state index in [1.165, 1.54) is 19.3 Å². The van der Waals surface area contributed by atoms with Gasteiger partial charge in [0.15, 0.2) is 5.69 Å². The maximum absolute atomic E-state index is 13.8. The van der Waals surface area contributed by atoms with Gasteiger partial charge in [0.2, 0.25) is 0 Å². The third-order valence-corrected chi connectivity index (χ3v) is 7.77. The van der Waals surface area contributed by atoms with Crippen molar-refractivity contribution in [3.63, 3.8) is 0 Å². The molecule has 3 atom stereocenters. The molecule has 2 N–H and O–H groups in total. The molecule has 1 amide bonds. The maximum atomic E-state index is 13.8. The Kier molecular flexibility index (Phi) is 4.89. The van der Waals surface area contributed by atoms with Crippen LogP contribution in [0.15, 0.2) is 54.4 Å². The van der Waals surface area contributed by atoms with E-state index in [2.05, 4.69) is 58.5 Å². The number of carbonyl (C=O) groups excluding carboxylic acids is 1. The molecular formula is C27H30N4O2. The number of methoxy groups -OCH3 is 1. The Morgan fingerprint density at radius 1 is 1.15 bits per heavy atom. The van der Waals surface area contributed by atoms with Gasteiger partial charge >= 0.3 is 0 Å². The van der Waals surface area contributed by atoms with Crippen LogP contribution in [0.1, 0.15) is 72.7 Å². The Bertz CT molecular complexity index is 1260. The Labute approximate surface area is 193 Å². The lowest BCUT2D eigenvalue weighted by Crippen LogP contribution is -2.34. The van der Waals surface area contributed by atoms with Crippen LogP contribution in [-0.2, 0) is 4.74 Å². The highest BCUT2D eigenvalue weighted by molar-refractivity contribution is 6.10. The molecule has 6 nitrogen and oxygen atoms in total. The number of nitrogens with zero attached hydrogens (tertiary/aromatic N) is 2. The van der Waals surface area contributed by atoms with E-state index in [9.17, 15) is 4.79 Å². The molecule has 2 aromatic heterocycles. The Hall–Kier alpha value is -3.28. The third-order valence-electron chi connectivity index (χ3n) is 7.77. The number of aromatic amines is 2. The van der Waals surface area contributed by atoms with Crippen LogP contribution in [0, 0.1) is 11.8 Å². The second-order valence-corrected chi connectivity index (χ2v) is 9.68. The molecule has 1 fully saturated rings. The van der Waals surface area contributed by atoms with Crippen LogP contribution in [0.4, 0.5) is 5.69 Å². The van der Waals surface area contributed by atoms with E-state index in [0.717, 1.165) is 46.4 Å². The van der Waals surface area contributed by atoms with E-state index in [1.807, 2.05) is 17.2 Å². The van der Waals surface area contributed by atoms with Gasteiger partial charge in [0.05, 0.1) is 13.2 Å². The lowest BCUT2D eigenvalue weighted by atomic mass is 9.78. The summed E-state index contributed by atoms with van der Waals surface area (Å²) in [5, 5.41) is 8.99. The van der Waals surface area contributed by atoms with Gasteiger partial charge in [-0.3, -0.25) is 14.8 Å². The lowest BCUT2D eigenvalue weighted by Gasteiger charge is -2.35. The minimum absolute atomic E-state index is 0.0125. The molecule has 2 unspecified atom stereocenters. The van der Waals surface area contributed by atoms with Gasteiger partial charge in [0.1, 0.15) is 5.76 Å². The van der Waals surface area contributed by atoms with Crippen molar-refractivity contribution in [1.82, 2.24) is 15.2 Å². The fourth-order valence-electron chi connectivity index (χ4n) is 6.10. The van der Waals surface area contributed by atoms with Crippen molar-refractivity contribution in [2.24, 2.45) is 11.8 Å². The largest absolute Gasteiger partial charge is 0.497 e. The van der Waals surface area contributed by atoms with Gasteiger partial charge in [-0.05, 0) is 61.1 Å². The number of carbonyl (C=O) groups is 1. The van der Waals surface area contributed by atoms with Crippen molar-refractivity contribution in [2.45, 2.75) is 51.0 Å². The van der Waals surface area contributed by atoms with Crippen LogP contribution in [0.5, 0.6) is 0 Å². The molecule has 0 bridgehead atoms. The molecule has 1 aliphatic heterocycles. The molecule has 6 heteroatoms. The summed E-state index contributed by atoms with van der Waals surface area (Å²) in [7, 11) is 1.70. The molecule has 170 valence electrons. The number of hydrogen-bond acceptors (Lipinski definition) is 3. The molecule has 3 aromatic rings. The van der Waals surface area contributed by atoms with Crippen molar-refractivity contribution in [2.75, 3.05) is 12.0 Å². The van der Waals surface area contributed by atoms with E-state index >= 15 is 0 Å². The average molecular weight is 443 g/mol. The summed E-state index contributed by atoms with van der Waals surface area (Å²) < 4.78 is 5.44. The molecule has 0 radical (unpaired) electrons. The smallest absolute Gasteiger partial charge is 0.279 e. The fraction of sp³-hybridized carbons (Fsp3) is 0.407. The summed E-state index contributed by atoms with van der Waals surface area (Å²) in [5.74, 6) is 1.73. The van der Waals surface area contributed by atoms with E-state index in [0.29, 0.717) is 11.6 Å². The van der Waals surface area contributed by atoms with E-state index in [1.54, 1.807) is 7.11 Å². The summed E-state index contributed by atoms with van der Waals surface area (Å²) in [6.45, 7) is 2.20. The fourth-order valence-corrected chi connectivity index (χ4v) is 6.10. The summed E-state index contributed by atoms with van der Waals surface area (Å²) in [6, 6.07) is 8.35. The molecule has 6 rings (SSSR count). The summed E-state index contributed by atoms with van der Waals surface area (Å²) in [5.41, 5.74) is 4.82. The number of anilines is 1. The van der Waals surface area contributed by atoms with Crippen LogP contribution in [-0.4, -0.2) is 28.2 Å². The highest BCUT2D eigenvalue weighted by Gasteiger charge is 2.47. The maximum Gasteiger partial charge on any atom is 0.279 e. The van der Waals surface area contributed by atoms with Gasteiger partial charge in [-0.15, -0.1) is 0 Å². The van der Waals surface area contributed by atoms with Gasteiger partial charge in [-0.25, -0.2) is 0 Å². The molecule has 2 aliphatic carbocycles.